The summed E-state index contributed by atoms with van der Waals surface area (Å²) in [5, 5.41) is 2.65. The van der Waals surface area contributed by atoms with Crippen LogP contribution in [0.5, 0.6) is 0 Å². The van der Waals surface area contributed by atoms with Crippen molar-refractivity contribution >= 4 is 21.8 Å². The first-order valence-corrected chi connectivity index (χ1v) is 6.80. The highest BCUT2D eigenvalue weighted by molar-refractivity contribution is 6.08. The Labute approximate surface area is 112 Å². The quantitative estimate of drug-likeness (QED) is 0.631. The van der Waals surface area contributed by atoms with Crippen LogP contribution in [0.25, 0.3) is 21.8 Å². The lowest BCUT2D eigenvalue weighted by molar-refractivity contribution is 0.254. The van der Waals surface area contributed by atoms with Crippen molar-refractivity contribution in [2.45, 2.75) is 25.5 Å². The highest BCUT2D eigenvalue weighted by Crippen LogP contribution is 2.39. The van der Waals surface area contributed by atoms with Crippen molar-refractivity contribution in [1.29, 1.82) is 0 Å². The zero-order valence-electron chi connectivity index (χ0n) is 11.3. The van der Waals surface area contributed by atoms with Gasteiger partial charge in [0.1, 0.15) is 6.10 Å². The molecule has 2 nitrogen and oxygen atoms in total. The topological polar surface area (TPSA) is 17.5 Å². The summed E-state index contributed by atoms with van der Waals surface area (Å²) in [7, 11) is 0. The van der Waals surface area contributed by atoms with Crippen LogP contribution in [0.2, 0.25) is 0 Å². The Bertz CT molecular complexity index is 712. The number of rotatable bonds is 2. The van der Waals surface area contributed by atoms with Crippen LogP contribution < -0.4 is 0 Å². The van der Waals surface area contributed by atoms with Gasteiger partial charge in [-0.1, -0.05) is 36.4 Å². The van der Waals surface area contributed by atoms with Gasteiger partial charge in [-0.2, -0.15) is 0 Å². The summed E-state index contributed by atoms with van der Waals surface area (Å²) >= 11 is 0. The maximum absolute atomic E-state index is 5.57. The molecule has 0 spiro atoms. The Morgan fingerprint density at radius 3 is 1.89 bits per heavy atom. The van der Waals surface area contributed by atoms with Crippen LogP contribution in [0.3, 0.4) is 0 Å². The van der Waals surface area contributed by atoms with Crippen LogP contribution >= 0.6 is 0 Å². The van der Waals surface area contributed by atoms with Crippen molar-refractivity contribution < 1.29 is 4.74 Å². The fourth-order valence-electron chi connectivity index (χ4n) is 3.14. The van der Waals surface area contributed by atoms with E-state index in [4.69, 9.17) is 4.74 Å². The van der Waals surface area contributed by atoms with Crippen molar-refractivity contribution in [2.24, 2.45) is 0 Å². The van der Waals surface area contributed by atoms with Gasteiger partial charge in [-0.25, -0.2) is 0 Å². The van der Waals surface area contributed by atoms with E-state index in [1.54, 1.807) is 0 Å². The van der Waals surface area contributed by atoms with Crippen molar-refractivity contribution in [3.05, 3.63) is 48.5 Å². The third-order valence-electron chi connectivity index (χ3n) is 4.28. The molecule has 1 saturated heterocycles. The Kier molecular flexibility index (Phi) is 2.10. The SMILES string of the molecule is CC(C)(C1CO1)n1c2ccccc2c2ccccc21. The van der Waals surface area contributed by atoms with Gasteiger partial charge in [0, 0.05) is 21.8 Å². The second-order valence-corrected chi connectivity index (χ2v) is 5.85. The van der Waals surface area contributed by atoms with Gasteiger partial charge in [0.15, 0.2) is 0 Å². The third-order valence-corrected chi connectivity index (χ3v) is 4.28. The molecule has 1 aliphatic heterocycles. The number of fused-ring (bicyclic) bond motifs is 3. The number of hydrogen-bond donors (Lipinski definition) is 0. The molecule has 1 unspecified atom stereocenters. The Balaban J connectivity index is 2.16. The number of ether oxygens (including phenoxy) is 1. The van der Waals surface area contributed by atoms with Gasteiger partial charge in [-0.05, 0) is 26.0 Å². The molecule has 0 aliphatic carbocycles. The maximum Gasteiger partial charge on any atom is 0.104 e. The van der Waals surface area contributed by atoms with Crippen molar-refractivity contribution in [1.82, 2.24) is 4.57 Å². The third kappa shape index (κ3) is 1.47. The fourth-order valence-corrected chi connectivity index (χ4v) is 3.14. The summed E-state index contributed by atoms with van der Waals surface area (Å²) in [6.07, 6.45) is 0.326. The van der Waals surface area contributed by atoms with E-state index in [1.807, 2.05) is 0 Å². The highest BCUT2D eigenvalue weighted by atomic mass is 16.6. The number of para-hydroxylation sites is 2. The van der Waals surface area contributed by atoms with Gasteiger partial charge >= 0.3 is 0 Å². The summed E-state index contributed by atoms with van der Waals surface area (Å²) in [6.45, 7) is 5.40. The molecule has 1 aliphatic rings. The molecule has 0 amide bonds. The first-order valence-electron chi connectivity index (χ1n) is 6.80. The van der Waals surface area contributed by atoms with E-state index in [0.717, 1.165) is 6.61 Å². The van der Waals surface area contributed by atoms with Crippen LogP contribution in [0.1, 0.15) is 13.8 Å². The van der Waals surface area contributed by atoms with Gasteiger partial charge in [0.2, 0.25) is 0 Å². The molecule has 19 heavy (non-hydrogen) atoms. The van der Waals surface area contributed by atoms with E-state index in [-0.39, 0.29) is 5.54 Å². The maximum atomic E-state index is 5.57. The molecule has 96 valence electrons. The molecule has 0 bridgehead atoms. The van der Waals surface area contributed by atoms with Crippen LogP contribution in [0, 0.1) is 0 Å². The summed E-state index contributed by atoms with van der Waals surface area (Å²) in [4.78, 5) is 0. The fraction of sp³-hybridized carbons (Fsp3) is 0.294. The van der Waals surface area contributed by atoms with Crippen LogP contribution in [-0.4, -0.2) is 17.3 Å². The molecule has 0 radical (unpaired) electrons. The van der Waals surface area contributed by atoms with Crippen molar-refractivity contribution in [2.75, 3.05) is 6.61 Å². The minimum Gasteiger partial charge on any atom is -0.371 e. The van der Waals surface area contributed by atoms with E-state index in [1.165, 1.54) is 21.8 Å². The lowest BCUT2D eigenvalue weighted by Crippen LogP contribution is -2.32. The number of hydrogen-bond acceptors (Lipinski definition) is 1. The molecule has 1 fully saturated rings. The molecule has 2 aromatic carbocycles. The molecule has 4 rings (SSSR count). The summed E-state index contributed by atoms with van der Waals surface area (Å²) in [5.41, 5.74) is 2.58. The second-order valence-electron chi connectivity index (χ2n) is 5.85. The highest BCUT2D eigenvalue weighted by Gasteiger charge is 2.42. The second kappa shape index (κ2) is 3.61. The van der Waals surface area contributed by atoms with Crippen LogP contribution in [0.15, 0.2) is 48.5 Å². The Morgan fingerprint density at radius 2 is 1.42 bits per heavy atom. The number of benzene rings is 2. The predicted octanol–water partition coefficient (Wildman–Crippen LogP) is 3.93. The van der Waals surface area contributed by atoms with Crippen LogP contribution in [0.4, 0.5) is 0 Å². The zero-order chi connectivity index (χ0) is 13.0. The van der Waals surface area contributed by atoms with Crippen molar-refractivity contribution in [3.8, 4) is 0 Å². The Morgan fingerprint density at radius 1 is 0.947 bits per heavy atom. The smallest absolute Gasteiger partial charge is 0.104 e. The van der Waals surface area contributed by atoms with Gasteiger partial charge in [-0.15, -0.1) is 0 Å². The molecule has 3 aromatic rings. The largest absolute Gasteiger partial charge is 0.371 e. The van der Waals surface area contributed by atoms with E-state index in [2.05, 4.69) is 66.9 Å². The first-order chi connectivity index (χ1) is 9.19. The monoisotopic (exact) mass is 251 g/mol. The lowest BCUT2D eigenvalue weighted by Gasteiger charge is -2.27. The molecular formula is C17H17NO. The van der Waals surface area contributed by atoms with Gasteiger partial charge in [-0.3, -0.25) is 0 Å². The number of epoxide rings is 1. The van der Waals surface area contributed by atoms with E-state index < -0.39 is 0 Å². The van der Waals surface area contributed by atoms with E-state index in [0.29, 0.717) is 6.10 Å². The number of aromatic nitrogens is 1. The standard InChI is InChI=1S/C17H17NO/c1-17(2,16-11-19-16)18-14-9-5-3-7-12(14)13-8-4-6-10-15(13)18/h3-10,16H,11H2,1-2H3. The molecular weight excluding hydrogens is 234 g/mol. The molecule has 0 saturated carbocycles. The predicted molar refractivity (Wildman–Crippen MR) is 78.5 cm³/mol. The minimum atomic E-state index is -0.0112. The average molecular weight is 251 g/mol. The first kappa shape index (κ1) is 11.1. The molecule has 1 atom stereocenters. The van der Waals surface area contributed by atoms with Crippen molar-refractivity contribution in [3.63, 3.8) is 0 Å². The molecule has 2 heteroatoms. The minimum absolute atomic E-state index is 0.0112. The summed E-state index contributed by atoms with van der Waals surface area (Å²) in [6, 6.07) is 17.3. The summed E-state index contributed by atoms with van der Waals surface area (Å²) < 4.78 is 8.01. The normalized spacial score (nSPS) is 19.2. The molecule has 0 N–H and O–H groups in total. The Hall–Kier alpha value is -1.80. The molecule has 1 aromatic heterocycles. The van der Waals surface area contributed by atoms with Crippen LogP contribution in [-0.2, 0) is 10.3 Å². The van der Waals surface area contributed by atoms with E-state index in [9.17, 15) is 0 Å². The van der Waals surface area contributed by atoms with Gasteiger partial charge in [0.05, 0.1) is 12.1 Å². The molecule has 2 heterocycles. The van der Waals surface area contributed by atoms with E-state index >= 15 is 0 Å². The van der Waals surface area contributed by atoms with Gasteiger partial charge in [0.25, 0.3) is 0 Å². The average Bonchev–Trinajstić information content (AvgIpc) is 3.21. The lowest BCUT2D eigenvalue weighted by atomic mass is 10.0. The van der Waals surface area contributed by atoms with Gasteiger partial charge < -0.3 is 9.30 Å². The number of nitrogens with zero attached hydrogens (tertiary/aromatic N) is 1. The zero-order valence-corrected chi connectivity index (χ0v) is 11.3. The summed E-state index contributed by atoms with van der Waals surface area (Å²) in [5.74, 6) is 0.